The van der Waals surface area contributed by atoms with Crippen LogP contribution in [0.1, 0.15) is 43.0 Å². The topological polar surface area (TPSA) is 68.0 Å². The molecule has 4 nitrogen and oxygen atoms in total. The average Bonchev–Trinajstić information content (AvgIpc) is 2.37. The zero-order chi connectivity index (χ0) is 13.0. The van der Waals surface area contributed by atoms with E-state index in [1.165, 1.54) is 25.7 Å². The minimum Gasteiger partial charge on any atom is -0.383 e. The lowest BCUT2D eigenvalue weighted by Gasteiger charge is -2.26. The maximum Gasteiger partial charge on any atom is 0.255 e. The Morgan fingerprint density at radius 1 is 1.56 bits per heavy atom. The van der Waals surface area contributed by atoms with E-state index in [1.54, 1.807) is 18.3 Å². The Hall–Kier alpha value is -1.58. The van der Waals surface area contributed by atoms with E-state index in [4.69, 9.17) is 5.73 Å². The number of pyridine rings is 1. The second-order valence-electron chi connectivity index (χ2n) is 5.28. The highest BCUT2D eigenvalue weighted by Gasteiger charge is 2.19. The van der Waals surface area contributed by atoms with Crippen molar-refractivity contribution in [1.82, 2.24) is 10.3 Å². The zero-order valence-electron chi connectivity index (χ0n) is 10.9. The first kappa shape index (κ1) is 12.9. The Labute approximate surface area is 108 Å². The molecule has 1 amide bonds. The van der Waals surface area contributed by atoms with Gasteiger partial charge in [-0.25, -0.2) is 4.98 Å². The van der Waals surface area contributed by atoms with Crippen molar-refractivity contribution in [2.45, 2.75) is 32.6 Å². The highest BCUT2D eigenvalue weighted by molar-refractivity contribution is 5.98. The second-order valence-corrected chi connectivity index (χ2v) is 5.28. The zero-order valence-corrected chi connectivity index (χ0v) is 10.9. The summed E-state index contributed by atoms with van der Waals surface area (Å²) < 4.78 is 0. The third-order valence-electron chi connectivity index (χ3n) is 3.68. The number of hydrogen-bond donors (Lipinski definition) is 2. The predicted octanol–water partition coefficient (Wildman–Crippen LogP) is 2.22. The normalized spacial score (nSPS) is 23.6. The number of anilines is 1. The molecule has 2 atom stereocenters. The van der Waals surface area contributed by atoms with E-state index < -0.39 is 0 Å². The summed E-state index contributed by atoms with van der Waals surface area (Å²) in [5.41, 5.74) is 6.15. The molecule has 0 radical (unpaired) electrons. The van der Waals surface area contributed by atoms with Gasteiger partial charge in [-0.1, -0.05) is 19.8 Å². The first-order valence-electron chi connectivity index (χ1n) is 6.65. The van der Waals surface area contributed by atoms with Gasteiger partial charge in [0.15, 0.2) is 0 Å². The molecule has 1 aromatic heterocycles. The summed E-state index contributed by atoms with van der Waals surface area (Å²) in [6.07, 6.45) is 6.61. The standard InChI is InChI=1S/C14H21N3O/c1-10-4-2-5-11(8-10)9-17-14(18)12-6-3-7-16-13(12)15/h3,6-7,10-11H,2,4-5,8-9H2,1H3,(H2,15,16)(H,17,18). The van der Waals surface area contributed by atoms with E-state index in [1.807, 2.05) is 0 Å². The van der Waals surface area contributed by atoms with Gasteiger partial charge in [0.1, 0.15) is 5.82 Å². The van der Waals surface area contributed by atoms with Gasteiger partial charge in [0.25, 0.3) is 5.91 Å². The van der Waals surface area contributed by atoms with Crippen molar-refractivity contribution in [3.05, 3.63) is 23.9 Å². The Morgan fingerprint density at radius 2 is 2.39 bits per heavy atom. The van der Waals surface area contributed by atoms with Gasteiger partial charge < -0.3 is 11.1 Å². The molecular weight excluding hydrogens is 226 g/mol. The minimum absolute atomic E-state index is 0.112. The van der Waals surface area contributed by atoms with Gasteiger partial charge in [-0.15, -0.1) is 0 Å². The summed E-state index contributed by atoms with van der Waals surface area (Å²) >= 11 is 0. The minimum atomic E-state index is -0.112. The summed E-state index contributed by atoms with van der Waals surface area (Å²) in [5, 5.41) is 2.97. The summed E-state index contributed by atoms with van der Waals surface area (Å²) in [6.45, 7) is 3.03. The molecule has 3 N–H and O–H groups in total. The molecule has 0 aliphatic heterocycles. The number of carbonyl (C=O) groups is 1. The van der Waals surface area contributed by atoms with Crippen molar-refractivity contribution in [2.75, 3.05) is 12.3 Å². The molecule has 1 heterocycles. The fourth-order valence-electron chi connectivity index (χ4n) is 2.69. The molecule has 4 heteroatoms. The number of nitrogens with one attached hydrogen (secondary N) is 1. The van der Waals surface area contributed by atoms with Crippen molar-refractivity contribution >= 4 is 11.7 Å². The van der Waals surface area contributed by atoms with Gasteiger partial charge in [-0.3, -0.25) is 4.79 Å². The van der Waals surface area contributed by atoms with Gasteiger partial charge in [0.2, 0.25) is 0 Å². The largest absolute Gasteiger partial charge is 0.383 e. The van der Waals surface area contributed by atoms with Gasteiger partial charge in [-0.05, 0) is 36.8 Å². The number of nitrogens with two attached hydrogens (primary N) is 1. The number of nitrogens with zero attached hydrogens (tertiary/aromatic N) is 1. The van der Waals surface area contributed by atoms with Gasteiger partial charge in [0.05, 0.1) is 5.56 Å². The maximum absolute atomic E-state index is 12.0. The molecule has 0 bridgehead atoms. The van der Waals surface area contributed by atoms with Crippen LogP contribution in [0.4, 0.5) is 5.82 Å². The van der Waals surface area contributed by atoms with Crippen molar-refractivity contribution in [1.29, 1.82) is 0 Å². The molecule has 1 aromatic rings. The molecular formula is C14H21N3O. The molecule has 0 aromatic carbocycles. The van der Waals surface area contributed by atoms with Gasteiger partial charge >= 0.3 is 0 Å². The lowest BCUT2D eigenvalue weighted by molar-refractivity contribution is 0.0941. The molecule has 2 unspecified atom stereocenters. The summed E-state index contributed by atoms with van der Waals surface area (Å²) in [7, 11) is 0. The van der Waals surface area contributed by atoms with E-state index >= 15 is 0 Å². The molecule has 0 saturated heterocycles. The van der Waals surface area contributed by atoms with Crippen LogP contribution in [0.15, 0.2) is 18.3 Å². The first-order chi connectivity index (χ1) is 8.66. The van der Waals surface area contributed by atoms with Crippen molar-refractivity contribution in [3.63, 3.8) is 0 Å². The maximum atomic E-state index is 12.0. The molecule has 18 heavy (non-hydrogen) atoms. The van der Waals surface area contributed by atoms with E-state index in [0.717, 1.165) is 12.5 Å². The molecule has 1 aliphatic carbocycles. The molecule has 2 rings (SSSR count). The van der Waals surface area contributed by atoms with Crippen LogP contribution in [-0.2, 0) is 0 Å². The van der Waals surface area contributed by atoms with Crippen LogP contribution in [0.5, 0.6) is 0 Å². The van der Waals surface area contributed by atoms with Crippen molar-refractivity contribution < 1.29 is 4.79 Å². The Morgan fingerprint density at radius 3 is 3.11 bits per heavy atom. The van der Waals surface area contributed by atoms with Crippen LogP contribution in [0, 0.1) is 11.8 Å². The van der Waals surface area contributed by atoms with E-state index in [0.29, 0.717) is 17.3 Å². The van der Waals surface area contributed by atoms with E-state index in [2.05, 4.69) is 17.2 Å². The van der Waals surface area contributed by atoms with Crippen LogP contribution in [0.3, 0.4) is 0 Å². The van der Waals surface area contributed by atoms with Crippen LogP contribution in [0.2, 0.25) is 0 Å². The highest BCUT2D eigenvalue weighted by Crippen LogP contribution is 2.27. The Kier molecular flexibility index (Phi) is 4.18. The lowest BCUT2D eigenvalue weighted by atomic mass is 9.82. The van der Waals surface area contributed by atoms with Crippen LogP contribution in [0.25, 0.3) is 0 Å². The van der Waals surface area contributed by atoms with Crippen LogP contribution >= 0.6 is 0 Å². The number of hydrogen-bond acceptors (Lipinski definition) is 3. The number of amides is 1. The second kappa shape index (κ2) is 5.85. The third-order valence-corrected chi connectivity index (χ3v) is 3.68. The molecule has 0 spiro atoms. The number of rotatable bonds is 3. The Balaban J connectivity index is 1.87. The van der Waals surface area contributed by atoms with Gasteiger partial charge in [-0.2, -0.15) is 0 Å². The van der Waals surface area contributed by atoms with E-state index in [-0.39, 0.29) is 5.91 Å². The lowest BCUT2D eigenvalue weighted by Crippen LogP contribution is -2.32. The molecule has 98 valence electrons. The predicted molar refractivity (Wildman–Crippen MR) is 72.1 cm³/mol. The number of aromatic nitrogens is 1. The number of nitrogen functional groups attached to an aromatic ring is 1. The van der Waals surface area contributed by atoms with Gasteiger partial charge in [0, 0.05) is 12.7 Å². The fraction of sp³-hybridized carbons (Fsp3) is 0.571. The third kappa shape index (κ3) is 3.22. The summed E-state index contributed by atoms with van der Waals surface area (Å²) in [5.74, 6) is 1.57. The summed E-state index contributed by atoms with van der Waals surface area (Å²) in [6, 6.07) is 3.44. The molecule has 1 aliphatic rings. The number of carbonyl (C=O) groups excluding carboxylic acids is 1. The van der Waals surface area contributed by atoms with Crippen LogP contribution < -0.4 is 11.1 Å². The fourth-order valence-corrected chi connectivity index (χ4v) is 2.69. The Bertz CT molecular complexity index is 419. The molecule has 1 fully saturated rings. The highest BCUT2D eigenvalue weighted by atomic mass is 16.1. The van der Waals surface area contributed by atoms with Crippen molar-refractivity contribution in [3.8, 4) is 0 Å². The monoisotopic (exact) mass is 247 g/mol. The SMILES string of the molecule is CC1CCCC(CNC(=O)c2cccnc2N)C1. The quantitative estimate of drug-likeness (QED) is 0.860. The molecule has 1 saturated carbocycles. The smallest absolute Gasteiger partial charge is 0.255 e. The summed E-state index contributed by atoms with van der Waals surface area (Å²) in [4.78, 5) is 15.9. The van der Waals surface area contributed by atoms with Crippen molar-refractivity contribution in [2.24, 2.45) is 11.8 Å². The average molecular weight is 247 g/mol. The van der Waals surface area contributed by atoms with Crippen LogP contribution in [-0.4, -0.2) is 17.4 Å². The first-order valence-corrected chi connectivity index (χ1v) is 6.65. The van der Waals surface area contributed by atoms with E-state index in [9.17, 15) is 4.79 Å².